The molecule has 0 saturated heterocycles. The Morgan fingerprint density at radius 1 is 1.05 bits per heavy atom. The van der Waals surface area contributed by atoms with E-state index in [1.807, 2.05) is 0 Å². The van der Waals surface area contributed by atoms with E-state index in [0.29, 0.717) is 12.1 Å². The van der Waals surface area contributed by atoms with Crippen molar-refractivity contribution in [2.45, 2.75) is 38.3 Å². The summed E-state index contributed by atoms with van der Waals surface area (Å²) in [5.74, 6) is 0. The highest BCUT2D eigenvalue weighted by atomic mass is 15.0. The molecular weight excluding hydrogens is 268 g/mol. The van der Waals surface area contributed by atoms with Gasteiger partial charge in [-0.25, -0.2) is 0 Å². The molecule has 2 unspecified atom stereocenters. The highest BCUT2D eigenvalue weighted by Gasteiger charge is 2.29. The fourth-order valence-electron chi connectivity index (χ4n) is 3.62. The monoisotopic (exact) mass is 289 g/mol. The van der Waals surface area contributed by atoms with Gasteiger partial charge in [-0.15, -0.1) is 0 Å². The van der Waals surface area contributed by atoms with Gasteiger partial charge in [0.25, 0.3) is 0 Å². The number of allylic oxidation sites excluding steroid dienone is 1. The van der Waals surface area contributed by atoms with Crippen LogP contribution in [0, 0.1) is 0 Å². The molecule has 22 heavy (non-hydrogen) atoms. The summed E-state index contributed by atoms with van der Waals surface area (Å²) in [4.78, 5) is 0. The van der Waals surface area contributed by atoms with E-state index in [0.717, 1.165) is 18.5 Å². The molecule has 0 fully saturated rings. The van der Waals surface area contributed by atoms with Crippen molar-refractivity contribution in [1.29, 1.82) is 0 Å². The van der Waals surface area contributed by atoms with E-state index in [1.54, 1.807) is 0 Å². The van der Waals surface area contributed by atoms with Gasteiger partial charge in [0.1, 0.15) is 0 Å². The second-order valence-corrected chi connectivity index (χ2v) is 6.29. The van der Waals surface area contributed by atoms with Crippen LogP contribution in [0.4, 0.5) is 5.69 Å². The fraction of sp³-hybridized carbons (Fsp3) is 0.300. The zero-order valence-corrected chi connectivity index (χ0v) is 12.9. The van der Waals surface area contributed by atoms with Gasteiger partial charge in [-0.2, -0.15) is 0 Å². The zero-order valence-electron chi connectivity index (χ0n) is 12.9. The molecule has 2 nitrogen and oxygen atoms in total. The minimum absolute atomic E-state index is 0.391. The third-order valence-electron chi connectivity index (χ3n) is 4.80. The Balaban J connectivity index is 1.49. The number of benzene rings is 2. The van der Waals surface area contributed by atoms with Gasteiger partial charge in [0.05, 0.1) is 5.69 Å². The quantitative estimate of drug-likeness (QED) is 0.881. The van der Waals surface area contributed by atoms with Crippen LogP contribution in [0.25, 0.3) is 5.57 Å². The van der Waals surface area contributed by atoms with Crippen molar-refractivity contribution in [3.05, 3.63) is 71.4 Å². The summed E-state index contributed by atoms with van der Waals surface area (Å²) in [5, 5.41) is 8.60. The number of hydrogen-bond donors (Lipinski definition) is 1. The van der Waals surface area contributed by atoms with Crippen molar-refractivity contribution in [3.8, 4) is 0 Å². The summed E-state index contributed by atoms with van der Waals surface area (Å²) in [6, 6.07) is 20.2. The molecule has 0 spiro atoms. The minimum atomic E-state index is 0.391. The number of para-hydroxylation sites is 1. The maximum absolute atomic E-state index is 4.80. The van der Waals surface area contributed by atoms with Crippen molar-refractivity contribution >= 4 is 11.3 Å². The largest absolute Gasteiger partial charge is 0.307 e. The molecule has 0 saturated carbocycles. The molecule has 1 heterocycles. The SMILES string of the molecule is CC(NC1CCC2=C(C1)c1ccccc1[N]2)c1ccccc1. The lowest BCUT2D eigenvalue weighted by molar-refractivity contribution is 0.424. The molecule has 0 amide bonds. The lowest BCUT2D eigenvalue weighted by Gasteiger charge is -2.28. The average molecular weight is 289 g/mol. The second-order valence-electron chi connectivity index (χ2n) is 6.29. The molecule has 2 atom stereocenters. The van der Waals surface area contributed by atoms with Crippen LogP contribution >= 0.6 is 0 Å². The normalized spacial score (nSPS) is 21.0. The standard InChI is InChI=1S/C20H21N2/c1-14(15-7-3-2-4-8-15)21-16-11-12-20-18(13-16)17-9-5-6-10-19(17)22-20/h2-10,14,16,21H,11-13H2,1H3. The molecule has 2 aromatic carbocycles. The van der Waals surface area contributed by atoms with Crippen LogP contribution in [-0.4, -0.2) is 6.04 Å². The van der Waals surface area contributed by atoms with Crippen molar-refractivity contribution in [2.24, 2.45) is 0 Å². The number of rotatable bonds is 3. The van der Waals surface area contributed by atoms with E-state index in [9.17, 15) is 0 Å². The second kappa shape index (κ2) is 5.62. The van der Waals surface area contributed by atoms with Crippen molar-refractivity contribution < 1.29 is 0 Å². The molecule has 2 aromatic rings. The molecule has 0 aromatic heterocycles. The summed E-state index contributed by atoms with van der Waals surface area (Å²) < 4.78 is 0. The van der Waals surface area contributed by atoms with Crippen LogP contribution in [-0.2, 0) is 0 Å². The van der Waals surface area contributed by atoms with Gasteiger partial charge < -0.3 is 5.32 Å². The van der Waals surface area contributed by atoms with Crippen molar-refractivity contribution in [2.75, 3.05) is 0 Å². The summed E-state index contributed by atoms with van der Waals surface area (Å²) in [6.07, 6.45) is 3.35. The zero-order chi connectivity index (χ0) is 14.9. The van der Waals surface area contributed by atoms with Crippen LogP contribution in [0.5, 0.6) is 0 Å². The maximum Gasteiger partial charge on any atom is 0.0708 e. The first-order valence-electron chi connectivity index (χ1n) is 8.15. The van der Waals surface area contributed by atoms with Gasteiger partial charge in [-0.3, -0.25) is 5.32 Å². The predicted molar refractivity (Wildman–Crippen MR) is 90.8 cm³/mol. The van der Waals surface area contributed by atoms with Crippen molar-refractivity contribution in [1.82, 2.24) is 10.6 Å². The van der Waals surface area contributed by atoms with Crippen LogP contribution in [0.15, 0.2) is 60.3 Å². The Morgan fingerprint density at radius 3 is 2.68 bits per heavy atom. The lowest BCUT2D eigenvalue weighted by atomic mass is 9.89. The minimum Gasteiger partial charge on any atom is -0.307 e. The van der Waals surface area contributed by atoms with Crippen LogP contribution in [0.1, 0.15) is 43.4 Å². The summed E-state index contributed by atoms with van der Waals surface area (Å²) in [5.41, 5.74) is 6.63. The lowest BCUT2D eigenvalue weighted by Crippen LogP contribution is -2.33. The Labute approximate surface area is 132 Å². The fourth-order valence-corrected chi connectivity index (χ4v) is 3.62. The summed E-state index contributed by atoms with van der Waals surface area (Å²) >= 11 is 0. The topological polar surface area (TPSA) is 26.1 Å². The first-order valence-corrected chi connectivity index (χ1v) is 8.15. The van der Waals surface area contributed by atoms with Gasteiger partial charge >= 0.3 is 0 Å². The predicted octanol–water partition coefficient (Wildman–Crippen LogP) is 4.55. The average Bonchev–Trinajstić information content (AvgIpc) is 2.94. The van der Waals surface area contributed by atoms with Gasteiger partial charge in [0, 0.05) is 23.3 Å². The first kappa shape index (κ1) is 13.6. The van der Waals surface area contributed by atoms with E-state index in [4.69, 9.17) is 5.32 Å². The molecule has 1 N–H and O–H groups in total. The van der Waals surface area contributed by atoms with Gasteiger partial charge in [-0.05, 0) is 43.4 Å². The smallest absolute Gasteiger partial charge is 0.0708 e. The highest BCUT2D eigenvalue weighted by Crippen LogP contribution is 2.42. The summed E-state index contributed by atoms with van der Waals surface area (Å²) in [6.45, 7) is 2.26. The first-order chi connectivity index (χ1) is 10.8. The molecule has 0 bridgehead atoms. The van der Waals surface area contributed by atoms with Crippen LogP contribution in [0.2, 0.25) is 0 Å². The van der Waals surface area contributed by atoms with E-state index in [-0.39, 0.29) is 0 Å². The molecule has 2 heteroatoms. The highest BCUT2D eigenvalue weighted by molar-refractivity contribution is 5.82. The van der Waals surface area contributed by atoms with E-state index < -0.39 is 0 Å². The van der Waals surface area contributed by atoms with E-state index >= 15 is 0 Å². The van der Waals surface area contributed by atoms with Crippen LogP contribution in [0.3, 0.4) is 0 Å². The Kier molecular flexibility index (Phi) is 3.47. The van der Waals surface area contributed by atoms with Gasteiger partial charge in [-0.1, -0.05) is 48.5 Å². The number of nitrogens with one attached hydrogen (secondary N) is 1. The third kappa shape index (κ3) is 2.44. The number of fused-ring (bicyclic) bond motifs is 2. The molecule has 2 aliphatic rings. The Hall–Kier alpha value is -2.06. The summed E-state index contributed by atoms with van der Waals surface area (Å²) in [7, 11) is 0. The van der Waals surface area contributed by atoms with Crippen LogP contribution < -0.4 is 10.6 Å². The van der Waals surface area contributed by atoms with Gasteiger partial charge in [0.15, 0.2) is 0 Å². The Morgan fingerprint density at radius 2 is 1.82 bits per heavy atom. The molecule has 1 aliphatic carbocycles. The molecule has 111 valence electrons. The molecule has 4 rings (SSSR count). The third-order valence-corrected chi connectivity index (χ3v) is 4.80. The maximum atomic E-state index is 4.80. The van der Waals surface area contributed by atoms with E-state index in [1.165, 1.54) is 28.8 Å². The molecule has 1 radical (unpaired) electrons. The molecular formula is C20H21N2. The van der Waals surface area contributed by atoms with Crippen molar-refractivity contribution in [3.63, 3.8) is 0 Å². The van der Waals surface area contributed by atoms with Gasteiger partial charge in [0.2, 0.25) is 0 Å². The Bertz CT molecular complexity index is 703. The van der Waals surface area contributed by atoms with E-state index in [2.05, 4.69) is 66.8 Å². The number of hydrogen-bond acceptors (Lipinski definition) is 1. The number of nitrogens with zero attached hydrogens (tertiary/aromatic N) is 1. The molecule has 1 aliphatic heterocycles.